The normalized spacial score (nSPS) is 21.1. The Balaban J connectivity index is 2.14. The monoisotopic (exact) mass is 260 g/mol. The third-order valence-corrected chi connectivity index (χ3v) is 3.90. The van der Waals surface area contributed by atoms with Crippen molar-refractivity contribution in [2.75, 3.05) is 25.5 Å². The van der Waals surface area contributed by atoms with E-state index in [1.165, 1.54) is 6.42 Å². The van der Waals surface area contributed by atoms with Gasteiger partial charge in [0.15, 0.2) is 0 Å². The zero-order valence-corrected chi connectivity index (χ0v) is 12.4. The number of rotatable bonds is 5. The first-order valence-corrected chi connectivity index (χ1v) is 7.13. The lowest BCUT2D eigenvalue weighted by molar-refractivity contribution is 0.0788. The number of nitrogens with one attached hydrogen (secondary N) is 1. The molecule has 1 amide bonds. The molecule has 3 heteroatoms. The Morgan fingerprint density at radius 3 is 2.74 bits per heavy atom. The van der Waals surface area contributed by atoms with Crippen molar-refractivity contribution in [3.63, 3.8) is 0 Å². The second-order valence-corrected chi connectivity index (χ2v) is 5.74. The second kappa shape index (κ2) is 5.64. The Labute approximate surface area is 116 Å². The van der Waals surface area contributed by atoms with Crippen molar-refractivity contribution < 1.29 is 4.79 Å². The Morgan fingerprint density at radius 1 is 1.47 bits per heavy atom. The summed E-state index contributed by atoms with van der Waals surface area (Å²) in [6.45, 7) is 8.02. The molecular weight excluding hydrogens is 236 g/mol. The van der Waals surface area contributed by atoms with Crippen LogP contribution in [0.2, 0.25) is 0 Å². The summed E-state index contributed by atoms with van der Waals surface area (Å²) in [6.07, 6.45) is 1.26. The fourth-order valence-electron chi connectivity index (χ4n) is 2.47. The largest absolute Gasteiger partial charge is 0.385 e. The second-order valence-electron chi connectivity index (χ2n) is 5.74. The standard InChI is InChI=1S/C16H24N2O/c1-5-17-15-7-6-11(2)8-14(15)16(19)18(4)10-13-9-12(13)3/h6-8,12-13,17H,5,9-10H2,1-4H3. The summed E-state index contributed by atoms with van der Waals surface area (Å²) in [4.78, 5) is 14.4. The molecule has 1 aromatic rings. The third-order valence-electron chi connectivity index (χ3n) is 3.90. The molecule has 2 unspecified atom stereocenters. The maximum Gasteiger partial charge on any atom is 0.255 e. The molecule has 0 heterocycles. The first-order chi connectivity index (χ1) is 9.02. The topological polar surface area (TPSA) is 32.3 Å². The van der Waals surface area contributed by atoms with E-state index in [-0.39, 0.29) is 5.91 Å². The van der Waals surface area contributed by atoms with E-state index in [9.17, 15) is 4.79 Å². The quantitative estimate of drug-likeness (QED) is 0.882. The van der Waals surface area contributed by atoms with Gasteiger partial charge in [-0.2, -0.15) is 0 Å². The number of amides is 1. The molecule has 2 atom stereocenters. The average Bonchev–Trinajstić information content (AvgIpc) is 3.06. The van der Waals surface area contributed by atoms with E-state index in [4.69, 9.17) is 0 Å². The van der Waals surface area contributed by atoms with Gasteiger partial charge in [0.25, 0.3) is 5.91 Å². The van der Waals surface area contributed by atoms with E-state index >= 15 is 0 Å². The first-order valence-electron chi connectivity index (χ1n) is 7.13. The lowest BCUT2D eigenvalue weighted by Gasteiger charge is -2.20. The molecule has 0 aromatic heterocycles. The van der Waals surface area contributed by atoms with Gasteiger partial charge in [-0.3, -0.25) is 4.79 Å². The van der Waals surface area contributed by atoms with Gasteiger partial charge in [0.05, 0.1) is 5.56 Å². The molecule has 1 N–H and O–H groups in total. The number of hydrogen-bond acceptors (Lipinski definition) is 2. The first kappa shape index (κ1) is 13.9. The molecule has 0 bridgehead atoms. The molecular formula is C16H24N2O. The van der Waals surface area contributed by atoms with Crippen LogP contribution >= 0.6 is 0 Å². The van der Waals surface area contributed by atoms with Gasteiger partial charge >= 0.3 is 0 Å². The smallest absolute Gasteiger partial charge is 0.255 e. The Hall–Kier alpha value is -1.51. The molecule has 1 saturated carbocycles. The highest BCUT2D eigenvalue weighted by molar-refractivity contribution is 5.99. The van der Waals surface area contributed by atoms with E-state index in [0.29, 0.717) is 5.92 Å². The van der Waals surface area contributed by atoms with Gasteiger partial charge in [-0.05, 0) is 44.2 Å². The van der Waals surface area contributed by atoms with E-state index < -0.39 is 0 Å². The van der Waals surface area contributed by atoms with Crippen molar-refractivity contribution in [3.8, 4) is 0 Å². The van der Waals surface area contributed by atoms with Crippen molar-refractivity contribution in [1.82, 2.24) is 4.90 Å². The fourth-order valence-corrected chi connectivity index (χ4v) is 2.47. The van der Waals surface area contributed by atoms with Gasteiger partial charge in [0, 0.05) is 25.8 Å². The molecule has 0 radical (unpaired) electrons. The molecule has 3 nitrogen and oxygen atoms in total. The van der Waals surface area contributed by atoms with Crippen molar-refractivity contribution in [2.45, 2.75) is 27.2 Å². The predicted octanol–water partition coefficient (Wildman–Crippen LogP) is 3.15. The van der Waals surface area contributed by atoms with Gasteiger partial charge in [0.1, 0.15) is 0 Å². The molecule has 0 spiro atoms. The molecule has 19 heavy (non-hydrogen) atoms. The van der Waals surface area contributed by atoms with Crippen molar-refractivity contribution >= 4 is 11.6 Å². The van der Waals surface area contributed by atoms with Gasteiger partial charge in [0.2, 0.25) is 0 Å². The number of benzene rings is 1. The number of carbonyl (C=O) groups excluding carboxylic acids is 1. The summed E-state index contributed by atoms with van der Waals surface area (Å²) in [5.41, 5.74) is 2.85. The summed E-state index contributed by atoms with van der Waals surface area (Å²) in [7, 11) is 1.91. The summed E-state index contributed by atoms with van der Waals surface area (Å²) in [5.74, 6) is 1.60. The molecule has 1 aliphatic rings. The minimum Gasteiger partial charge on any atom is -0.385 e. The van der Waals surface area contributed by atoms with E-state index in [1.807, 2.05) is 44.0 Å². The maximum absolute atomic E-state index is 12.5. The van der Waals surface area contributed by atoms with Gasteiger partial charge < -0.3 is 10.2 Å². The van der Waals surface area contributed by atoms with Gasteiger partial charge in [-0.1, -0.05) is 18.6 Å². The van der Waals surface area contributed by atoms with Crippen LogP contribution in [0.3, 0.4) is 0 Å². The molecule has 0 saturated heterocycles. The van der Waals surface area contributed by atoms with Crippen LogP contribution in [0.15, 0.2) is 18.2 Å². The fraction of sp³-hybridized carbons (Fsp3) is 0.562. The van der Waals surface area contributed by atoms with Crippen molar-refractivity contribution in [2.24, 2.45) is 11.8 Å². The maximum atomic E-state index is 12.5. The zero-order valence-electron chi connectivity index (χ0n) is 12.4. The number of carbonyl (C=O) groups is 1. The molecule has 1 aromatic carbocycles. The van der Waals surface area contributed by atoms with Crippen molar-refractivity contribution in [1.29, 1.82) is 0 Å². The van der Waals surface area contributed by atoms with Gasteiger partial charge in [-0.15, -0.1) is 0 Å². The minimum atomic E-state index is 0.124. The predicted molar refractivity (Wildman–Crippen MR) is 79.6 cm³/mol. The zero-order chi connectivity index (χ0) is 14.0. The van der Waals surface area contributed by atoms with Gasteiger partial charge in [-0.25, -0.2) is 0 Å². The minimum absolute atomic E-state index is 0.124. The summed E-state index contributed by atoms with van der Waals surface area (Å²) in [5, 5.41) is 3.27. The highest BCUT2D eigenvalue weighted by Gasteiger charge is 2.34. The van der Waals surface area contributed by atoms with Crippen LogP contribution < -0.4 is 5.32 Å². The lowest BCUT2D eigenvalue weighted by atomic mass is 10.1. The third kappa shape index (κ3) is 3.28. The Morgan fingerprint density at radius 2 is 2.16 bits per heavy atom. The Bertz CT molecular complexity index is 470. The molecule has 104 valence electrons. The number of anilines is 1. The summed E-state index contributed by atoms with van der Waals surface area (Å²) in [6, 6.07) is 6.02. The molecule has 2 rings (SSSR count). The van der Waals surface area contributed by atoms with Crippen molar-refractivity contribution in [3.05, 3.63) is 29.3 Å². The van der Waals surface area contributed by atoms with Crippen LogP contribution in [0, 0.1) is 18.8 Å². The van der Waals surface area contributed by atoms with Crippen LogP contribution in [0.1, 0.15) is 36.2 Å². The van der Waals surface area contributed by atoms with Crippen LogP contribution in [0.5, 0.6) is 0 Å². The van der Waals surface area contributed by atoms with Crippen LogP contribution in [0.4, 0.5) is 5.69 Å². The molecule has 0 aliphatic heterocycles. The molecule has 1 aliphatic carbocycles. The van der Waals surface area contributed by atoms with Crippen LogP contribution in [-0.2, 0) is 0 Å². The van der Waals surface area contributed by atoms with Crippen LogP contribution in [0.25, 0.3) is 0 Å². The Kier molecular flexibility index (Phi) is 4.13. The highest BCUT2D eigenvalue weighted by atomic mass is 16.2. The average molecular weight is 260 g/mol. The number of nitrogens with zero attached hydrogens (tertiary/aromatic N) is 1. The van der Waals surface area contributed by atoms with E-state index in [0.717, 1.165) is 35.8 Å². The SMILES string of the molecule is CCNc1ccc(C)cc1C(=O)N(C)CC1CC1C. The highest BCUT2D eigenvalue weighted by Crippen LogP contribution is 2.38. The summed E-state index contributed by atoms with van der Waals surface area (Å²) < 4.78 is 0. The molecule has 1 fully saturated rings. The number of aryl methyl sites for hydroxylation is 1. The van der Waals surface area contributed by atoms with E-state index in [2.05, 4.69) is 12.2 Å². The summed E-state index contributed by atoms with van der Waals surface area (Å²) >= 11 is 0. The van der Waals surface area contributed by atoms with E-state index in [1.54, 1.807) is 0 Å². The number of hydrogen-bond donors (Lipinski definition) is 1. The lowest BCUT2D eigenvalue weighted by Crippen LogP contribution is -2.29. The van der Waals surface area contributed by atoms with Crippen LogP contribution in [-0.4, -0.2) is 30.9 Å².